The average Bonchev–Trinajstić information content (AvgIpc) is 3.14. The largest absolute Gasteiger partial charge is 0.465 e. The van der Waals surface area contributed by atoms with Gasteiger partial charge in [-0.2, -0.15) is 0 Å². The van der Waals surface area contributed by atoms with Crippen LogP contribution in [-0.4, -0.2) is 64.3 Å². The molecule has 6 nitrogen and oxygen atoms in total. The lowest BCUT2D eigenvalue weighted by Crippen LogP contribution is -2.65. The molecule has 3 rings (SSSR count). The van der Waals surface area contributed by atoms with Gasteiger partial charge in [-0.05, 0) is 32.6 Å². The number of piperidine rings is 1. The monoisotopic (exact) mass is 268 g/mol. The summed E-state index contributed by atoms with van der Waals surface area (Å²) in [6.45, 7) is 4.10. The molecule has 1 N–H and O–H groups in total. The summed E-state index contributed by atoms with van der Waals surface area (Å²) >= 11 is 0. The van der Waals surface area contributed by atoms with Gasteiger partial charge in [0.1, 0.15) is 11.2 Å². The summed E-state index contributed by atoms with van der Waals surface area (Å²) in [5.74, 6) is 0.0908. The quantitative estimate of drug-likeness (QED) is 0.767. The molecule has 3 aliphatic rings. The van der Waals surface area contributed by atoms with E-state index in [-0.39, 0.29) is 5.91 Å². The van der Waals surface area contributed by atoms with Gasteiger partial charge in [-0.25, -0.2) is 4.79 Å². The van der Waals surface area contributed by atoms with Crippen molar-refractivity contribution < 1.29 is 19.4 Å². The number of ether oxygens (including phenoxy) is 1. The lowest BCUT2D eigenvalue weighted by molar-refractivity contribution is -0.199. The third-order valence-electron chi connectivity index (χ3n) is 4.46. The van der Waals surface area contributed by atoms with E-state index in [9.17, 15) is 9.59 Å². The molecule has 0 aromatic carbocycles. The van der Waals surface area contributed by atoms with Gasteiger partial charge in [0.05, 0.1) is 13.1 Å². The zero-order chi connectivity index (χ0) is 13.7. The Bertz CT molecular complexity index is 417. The van der Waals surface area contributed by atoms with Gasteiger partial charge in [-0.15, -0.1) is 0 Å². The molecular weight excluding hydrogens is 248 g/mol. The predicted octanol–water partition coefficient (Wildman–Crippen LogP) is 0.910. The predicted molar refractivity (Wildman–Crippen MR) is 66.9 cm³/mol. The Morgan fingerprint density at radius 1 is 1.37 bits per heavy atom. The number of carbonyl (C=O) groups is 2. The third kappa shape index (κ3) is 1.98. The highest BCUT2D eigenvalue weighted by molar-refractivity contribution is 5.89. The first-order valence-corrected chi connectivity index (χ1v) is 6.98. The van der Waals surface area contributed by atoms with Crippen LogP contribution in [0.4, 0.5) is 4.79 Å². The zero-order valence-electron chi connectivity index (χ0n) is 11.2. The fourth-order valence-corrected chi connectivity index (χ4v) is 3.36. The lowest BCUT2D eigenvalue weighted by Gasteiger charge is -2.50. The number of hydrogen-bond donors (Lipinski definition) is 1. The Morgan fingerprint density at radius 2 is 2.11 bits per heavy atom. The van der Waals surface area contributed by atoms with Crippen molar-refractivity contribution in [3.8, 4) is 0 Å². The van der Waals surface area contributed by atoms with Gasteiger partial charge < -0.3 is 19.6 Å². The van der Waals surface area contributed by atoms with Crippen molar-refractivity contribution in [2.24, 2.45) is 0 Å². The van der Waals surface area contributed by atoms with E-state index in [0.29, 0.717) is 26.2 Å². The lowest BCUT2D eigenvalue weighted by atomic mass is 9.89. The first kappa shape index (κ1) is 12.7. The first-order valence-electron chi connectivity index (χ1n) is 6.98. The summed E-state index contributed by atoms with van der Waals surface area (Å²) in [4.78, 5) is 26.7. The fraction of sp³-hybridized carbons (Fsp3) is 0.846. The SMILES string of the molecule is CCN1CC2(CCCN(C(=O)O)C2)OC2(CC2)C1=O. The van der Waals surface area contributed by atoms with Crippen LogP contribution in [0.2, 0.25) is 0 Å². The van der Waals surface area contributed by atoms with Gasteiger partial charge in [0.2, 0.25) is 0 Å². The van der Waals surface area contributed by atoms with E-state index in [4.69, 9.17) is 9.84 Å². The summed E-state index contributed by atoms with van der Waals surface area (Å²) < 4.78 is 6.14. The second-order valence-corrected chi connectivity index (χ2v) is 5.91. The summed E-state index contributed by atoms with van der Waals surface area (Å²) in [6.07, 6.45) is 2.29. The van der Waals surface area contributed by atoms with E-state index in [1.54, 1.807) is 0 Å². The van der Waals surface area contributed by atoms with Crippen LogP contribution in [0.25, 0.3) is 0 Å². The molecule has 2 saturated heterocycles. The van der Waals surface area contributed by atoms with Crippen molar-refractivity contribution >= 4 is 12.0 Å². The number of carbonyl (C=O) groups excluding carboxylic acids is 1. The Labute approximate surface area is 112 Å². The standard InChI is InChI=1S/C13H20N2O4/c1-2-14-8-12(19-13(5-6-13)10(14)16)4-3-7-15(9-12)11(17)18/h2-9H2,1H3,(H,17,18). The van der Waals surface area contributed by atoms with Gasteiger partial charge in [-0.3, -0.25) is 4.79 Å². The van der Waals surface area contributed by atoms with Crippen molar-refractivity contribution in [1.82, 2.24) is 9.80 Å². The van der Waals surface area contributed by atoms with Crippen molar-refractivity contribution in [2.75, 3.05) is 26.2 Å². The zero-order valence-corrected chi connectivity index (χ0v) is 11.2. The topological polar surface area (TPSA) is 70.1 Å². The van der Waals surface area contributed by atoms with Crippen LogP contribution in [-0.2, 0) is 9.53 Å². The summed E-state index contributed by atoms with van der Waals surface area (Å²) in [5, 5.41) is 9.16. The Morgan fingerprint density at radius 3 is 2.68 bits per heavy atom. The van der Waals surface area contributed by atoms with Gasteiger partial charge in [0, 0.05) is 13.1 Å². The molecule has 2 heterocycles. The first-order chi connectivity index (χ1) is 9.00. The number of morpholine rings is 1. The molecule has 1 unspecified atom stereocenters. The fourth-order valence-electron chi connectivity index (χ4n) is 3.36. The molecule has 2 aliphatic heterocycles. The Kier molecular flexibility index (Phi) is 2.74. The maximum Gasteiger partial charge on any atom is 0.407 e. The second-order valence-electron chi connectivity index (χ2n) is 5.91. The van der Waals surface area contributed by atoms with Crippen LogP contribution in [0.5, 0.6) is 0 Å². The van der Waals surface area contributed by atoms with Crippen molar-refractivity contribution in [3.63, 3.8) is 0 Å². The van der Waals surface area contributed by atoms with Crippen molar-refractivity contribution in [2.45, 2.75) is 43.8 Å². The van der Waals surface area contributed by atoms with Crippen LogP contribution in [0.1, 0.15) is 32.6 Å². The smallest absolute Gasteiger partial charge is 0.407 e. The Hall–Kier alpha value is -1.30. The number of likely N-dealkylation sites (tertiary alicyclic amines) is 1. The number of hydrogen-bond acceptors (Lipinski definition) is 3. The minimum atomic E-state index is -0.896. The molecule has 0 aromatic heterocycles. The highest BCUT2D eigenvalue weighted by Crippen LogP contribution is 2.49. The minimum Gasteiger partial charge on any atom is -0.465 e. The number of rotatable bonds is 1. The molecule has 1 aliphatic carbocycles. The highest BCUT2D eigenvalue weighted by atomic mass is 16.5. The summed E-state index contributed by atoms with van der Waals surface area (Å²) in [6, 6.07) is 0. The maximum atomic E-state index is 12.3. The molecule has 6 heteroatoms. The number of amides is 2. The van der Waals surface area contributed by atoms with Gasteiger partial charge in [-0.1, -0.05) is 0 Å². The molecule has 19 heavy (non-hydrogen) atoms. The molecule has 3 fully saturated rings. The minimum absolute atomic E-state index is 0.0908. The van der Waals surface area contributed by atoms with E-state index >= 15 is 0 Å². The molecule has 106 valence electrons. The Balaban J connectivity index is 1.83. The molecule has 1 saturated carbocycles. The molecule has 0 aromatic rings. The van der Waals surface area contributed by atoms with E-state index in [1.165, 1.54) is 4.90 Å². The second kappa shape index (κ2) is 4.10. The van der Waals surface area contributed by atoms with Crippen LogP contribution >= 0.6 is 0 Å². The van der Waals surface area contributed by atoms with E-state index in [1.807, 2.05) is 11.8 Å². The summed E-state index contributed by atoms with van der Waals surface area (Å²) in [7, 11) is 0. The number of nitrogens with zero attached hydrogens (tertiary/aromatic N) is 2. The molecule has 2 spiro atoms. The molecule has 2 amide bonds. The van der Waals surface area contributed by atoms with E-state index < -0.39 is 17.3 Å². The van der Waals surface area contributed by atoms with Gasteiger partial charge >= 0.3 is 6.09 Å². The van der Waals surface area contributed by atoms with Gasteiger partial charge in [0.25, 0.3) is 5.91 Å². The highest BCUT2D eigenvalue weighted by Gasteiger charge is 2.61. The van der Waals surface area contributed by atoms with Crippen LogP contribution in [0.15, 0.2) is 0 Å². The maximum absolute atomic E-state index is 12.3. The summed E-state index contributed by atoms with van der Waals surface area (Å²) in [5.41, 5.74) is -1.12. The van der Waals surface area contributed by atoms with Gasteiger partial charge in [0.15, 0.2) is 0 Å². The number of carboxylic acid groups (broad SMARTS) is 1. The molecule has 0 radical (unpaired) electrons. The molecule has 0 bridgehead atoms. The van der Waals surface area contributed by atoms with E-state index in [2.05, 4.69) is 0 Å². The van der Waals surface area contributed by atoms with Crippen molar-refractivity contribution in [3.05, 3.63) is 0 Å². The normalized spacial score (nSPS) is 33.0. The van der Waals surface area contributed by atoms with Crippen LogP contribution in [0, 0.1) is 0 Å². The number of likely N-dealkylation sites (N-methyl/N-ethyl adjacent to an activating group) is 1. The average molecular weight is 268 g/mol. The van der Waals surface area contributed by atoms with Crippen molar-refractivity contribution in [1.29, 1.82) is 0 Å². The van der Waals surface area contributed by atoms with Crippen LogP contribution < -0.4 is 0 Å². The van der Waals surface area contributed by atoms with E-state index in [0.717, 1.165) is 25.7 Å². The molecular formula is C13H20N2O4. The molecule has 1 atom stereocenters. The third-order valence-corrected chi connectivity index (χ3v) is 4.46. The van der Waals surface area contributed by atoms with Crippen LogP contribution in [0.3, 0.4) is 0 Å².